The smallest absolute Gasteiger partial charge is 0.236 e. The maximum atomic E-state index is 13.5. The number of carbonyl (C=O) groups excluding carboxylic acids is 2. The number of pyridine rings is 1. The Morgan fingerprint density at radius 2 is 1.97 bits per heavy atom. The van der Waals surface area contributed by atoms with Gasteiger partial charge in [0, 0.05) is 63.6 Å². The topological polar surface area (TPSA) is 66.0 Å². The van der Waals surface area contributed by atoms with Crippen LogP contribution in [-0.4, -0.2) is 70.8 Å². The lowest BCUT2D eigenvalue weighted by Gasteiger charge is -2.38. The predicted octanol–water partition coefficient (Wildman–Crippen LogP) is 3.76. The van der Waals surface area contributed by atoms with Gasteiger partial charge < -0.3 is 14.5 Å². The molecule has 2 bridgehead atoms. The summed E-state index contributed by atoms with van der Waals surface area (Å²) in [7, 11) is 0. The molecule has 2 amide bonds. The van der Waals surface area contributed by atoms with E-state index in [-0.39, 0.29) is 23.7 Å². The molecule has 2 aliphatic rings. The Morgan fingerprint density at radius 3 is 2.75 bits per heavy atom. The number of ether oxygens (including phenoxy) is 1. The average Bonchev–Trinajstić information content (AvgIpc) is 2.89. The van der Waals surface area contributed by atoms with Gasteiger partial charge in [-0.25, -0.2) is 0 Å². The highest BCUT2D eigenvalue weighted by molar-refractivity contribution is 5.79. The summed E-state index contributed by atoms with van der Waals surface area (Å²) in [4.78, 5) is 36.7. The lowest BCUT2D eigenvalue weighted by Crippen LogP contribution is -2.48. The van der Waals surface area contributed by atoms with E-state index in [9.17, 15) is 9.59 Å². The van der Waals surface area contributed by atoms with Crippen molar-refractivity contribution in [3.05, 3.63) is 72.1 Å². The van der Waals surface area contributed by atoms with Crippen LogP contribution in [0.15, 0.2) is 60.9 Å². The van der Waals surface area contributed by atoms with E-state index >= 15 is 0 Å². The zero-order valence-corrected chi connectivity index (χ0v) is 21.5. The number of piperidine rings is 1. The fourth-order valence-corrected chi connectivity index (χ4v) is 5.25. The van der Waals surface area contributed by atoms with Gasteiger partial charge in [0.15, 0.2) is 0 Å². The first-order chi connectivity index (χ1) is 17.6. The van der Waals surface area contributed by atoms with Crippen LogP contribution in [0.3, 0.4) is 0 Å². The van der Waals surface area contributed by atoms with Crippen molar-refractivity contribution in [2.45, 2.75) is 39.8 Å². The van der Waals surface area contributed by atoms with E-state index in [0.29, 0.717) is 45.8 Å². The highest BCUT2D eigenvalue weighted by atomic mass is 16.5. The van der Waals surface area contributed by atoms with Crippen LogP contribution < -0.4 is 4.74 Å². The van der Waals surface area contributed by atoms with Gasteiger partial charge in [0.1, 0.15) is 12.4 Å². The molecule has 0 saturated carbocycles. The standard InChI is InChI=1S/C29H38N4O3/c1-3-32(4-2)28(34)17-24-13-15-33-21-25(24)11-8-16-36-27-12-6-5-10-26(27)20-31(22-29(33)35)19-23-9-7-14-30-18-23/h5-12,14,18,24-25H,3-4,13,15-17,19-22H2,1-2H3/t24-,25-/m0/s1. The number of nitrogens with zero attached hydrogens (tertiary/aromatic N) is 4. The number of rotatable bonds is 6. The molecule has 36 heavy (non-hydrogen) atoms. The molecule has 1 aromatic carbocycles. The van der Waals surface area contributed by atoms with Crippen LogP contribution in [0.2, 0.25) is 0 Å². The van der Waals surface area contributed by atoms with E-state index in [1.807, 2.05) is 60.2 Å². The van der Waals surface area contributed by atoms with E-state index in [0.717, 1.165) is 36.4 Å². The molecule has 0 unspecified atom stereocenters. The molecule has 1 saturated heterocycles. The number of carbonyl (C=O) groups is 2. The van der Waals surface area contributed by atoms with Gasteiger partial charge >= 0.3 is 0 Å². The Morgan fingerprint density at radius 1 is 1.14 bits per heavy atom. The molecule has 2 aromatic rings. The maximum Gasteiger partial charge on any atom is 0.236 e. The molecular formula is C29H38N4O3. The maximum absolute atomic E-state index is 13.5. The van der Waals surface area contributed by atoms with Gasteiger partial charge in [0.25, 0.3) is 0 Å². The van der Waals surface area contributed by atoms with Gasteiger partial charge in [-0.1, -0.05) is 36.4 Å². The minimum atomic E-state index is 0.128. The average molecular weight is 491 g/mol. The second-order valence-corrected chi connectivity index (χ2v) is 9.68. The summed E-state index contributed by atoms with van der Waals surface area (Å²) >= 11 is 0. The number of para-hydroxylation sites is 1. The molecule has 0 aliphatic carbocycles. The number of amides is 2. The second-order valence-electron chi connectivity index (χ2n) is 9.68. The highest BCUT2D eigenvalue weighted by Crippen LogP contribution is 2.29. The molecule has 0 radical (unpaired) electrons. The van der Waals surface area contributed by atoms with Crippen LogP contribution in [0.4, 0.5) is 0 Å². The van der Waals surface area contributed by atoms with Gasteiger partial charge in [-0.2, -0.15) is 0 Å². The summed E-state index contributed by atoms with van der Waals surface area (Å²) in [6.45, 7) is 8.85. The molecule has 7 nitrogen and oxygen atoms in total. The Labute approximate surface area is 214 Å². The van der Waals surface area contributed by atoms with Crippen LogP contribution in [-0.2, 0) is 22.7 Å². The molecule has 0 N–H and O–H groups in total. The fourth-order valence-electron chi connectivity index (χ4n) is 5.25. The summed E-state index contributed by atoms with van der Waals surface area (Å²) in [5.41, 5.74) is 2.13. The summed E-state index contributed by atoms with van der Waals surface area (Å²) in [6.07, 6.45) is 9.18. The number of hydrogen-bond acceptors (Lipinski definition) is 5. The van der Waals surface area contributed by atoms with Crippen LogP contribution in [0.1, 0.15) is 37.8 Å². The van der Waals surface area contributed by atoms with Crippen molar-refractivity contribution in [2.24, 2.45) is 11.8 Å². The fraction of sp³-hybridized carbons (Fsp3) is 0.483. The third-order valence-electron chi connectivity index (χ3n) is 7.28. The summed E-state index contributed by atoms with van der Waals surface area (Å²) in [6, 6.07) is 12.0. The largest absolute Gasteiger partial charge is 0.489 e. The van der Waals surface area contributed by atoms with Crippen molar-refractivity contribution in [1.82, 2.24) is 19.7 Å². The van der Waals surface area contributed by atoms with Crippen molar-refractivity contribution in [3.63, 3.8) is 0 Å². The zero-order chi connectivity index (χ0) is 25.3. The summed E-state index contributed by atoms with van der Waals surface area (Å²) < 4.78 is 6.15. The van der Waals surface area contributed by atoms with Gasteiger partial charge in [-0.3, -0.25) is 19.5 Å². The van der Waals surface area contributed by atoms with Crippen molar-refractivity contribution in [1.29, 1.82) is 0 Å². The summed E-state index contributed by atoms with van der Waals surface area (Å²) in [5.74, 6) is 1.52. The molecule has 2 atom stereocenters. The number of aromatic nitrogens is 1. The van der Waals surface area contributed by atoms with E-state index in [1.165, 1.54) is 0 Å². The van der Waals surface area contributed by atoms with Gasteiger partial charge in [-0.15, -0.1) is 0 Å². The minimum absolute atomic E-state index is 0.128. The molecule has 2 aliphatic heterocycles. The van der Waals surface area contributed by atoms with Gasteiger partial charge in [-0.05, 0) is 49.8 Å². The number of fused-ring (bicyclic) bond motifs is 3. The monoisotopic (exact) mass is 490 g/mol. The highest BCUT2D eigenvalue weighted by Gasteiger charge is 2.32. The lowest BCUT2D eigenvalue weighted by molar-refractivity contribution is -0.136. The number of benzene rings is 1. The Hall–Kier alpha value is -3.19. The van der Waals surface area contributed by atoms with Gasteiger partial charge in [0.05, 0.1) is 6.54 Å². The lowest BCUT2D eigenvalue weighted by atomic mass is 9.82. The SMILES string of the molecule is CCN(CC)C(=O)C[C@@H]1CCN2C[C@@H]1C=CCOc1ccccc1CN(Cc1cccnc1)CC2=O. The van der Waals surface area contributed by atoms with E-state index < -0.39 is 0 Å². The molecular weight excluding hydrogens is 452 g/mol. The predicted molar refractivity (Wildman–Crippen MR) is 140 cm³/mol. The van der Waals surface area contributed by atoms with E-state index in [4.69, 9.17) is 4.74 Å². The molecule has 192 valence electrons. The second kappa shape index (κ2) is 12.7. The van der Waals surface area contributed by atoms with E-state index in [1.54, 1.807) is 6.20 Å². The molecule has 0 spiro atoms. The first-order valence-corrected chi connectivity index (χ1v) is 13.1. The molecule has 1 fully saturated rings. The molecule has 7 heteroatoms. The van der Waals surface area contributed by atoms with Crippen LogP contribution in [0.25, 0.3) is 0 Å². The molecule has 1 aromatic heterocycles. The summed E-state index contributed by atoms with van der Waals surface area (Å²) in [5, 5.41) is 0. The van der Waals surface area contributed by atoms with E-state index in [2.05, 4.69) is 28.1 Å². The van der Waals surface area contributed by atoms with Crippen molar-refractivity contribution in [3.8, 4) is 5.75 Å². The van der Waals surface area contributed by atoms with Crippen LogP contribution in [0.5, 0.6) is 5.75 Å². The normalized spacial score (nSPS) is 20.9. The third kappa shape index (κ3) is 6.72. The Bertz CT molecular complexity index is 1040. The first kappa shape index (κ1) is 25.9. The number of hydrogen-bond donors (Lipinski definition) is 0. The van der Waals surface area contributed by atoms with Crippen molar-refractivity contribution < 1.29 is 14.3 Å². The Kier molecular flexibility index (Phi) is 9.11. The van der Waals surface area contributed by atoms with Crippen LogP contribution in [0, 0.1) is 11.8 Å². The van der Waals surface area contributed by atoms with Crippen molar-refractivity contribution >= 4 is 11.8 Å². The zero-order valence-electron chi connectivity index (χ0n) is 21.5. The van der Waals surface area contributed by atoms with Crippen LogP contribution >= 0.6 is 0 Å². The minimum Gasteiger partial charge on any atom is -0.489 e. The Balaban J connectivity index is 1.56. The first-order valence-electron chi connectivity index (χ1n) is 13.1. The third-order valence-corrected chi connectivity index (χ3v) is 7.28. The quantitative estimate of drug-likeness (QED) is 0.577. The van der Waals surface area contributed by atoms with Gasteiger partial charge in [0.2, 0.25) is 11.8 Å². The molecule has 4 rings (SSSR count). The molecule has 3 heterocycles. The van der Waals surface area contributed by atoms with Crippen molar-refractivity contribution in [2.75, 3.05) is 39.3 Å².